The molecule has 0 spiro atoms. The summed E-state index contributed by atoms with van der Waals surface area (Å²) in [6.45, 7) is 9.54. The van der Waals surface area contributed by atoms with Crippen LogP contribution in [0.25, 0.3) is 0 Å². The van der Waals surface area contributed by atoms with E-state index in [9.17, 15) is 9.59 Å². The van der Waals surface area contributed by atoms with Gasteiger partial charge >= 0.3 is 0 Å². The van der Waals surface area contributed by atoms with Crippen molar-refractivity contribution < 1.29 is 19.1 Å². The minimum absolute atomic E-state index is 0.0733. The van der Waals surface area contributed by atoms with E-state index in [-0.39, 0.29) is 23.3 Å². The summed E-state index contributed by atoms with van der Waals surface area (Å²) in [7, 11) is 1.57. The van der Waals surface area contributed by atoms with Crippen molar-refractivity contribution in [3.63, 3.8) is 0 Å². The van der Waals surface area contributed by atoms with Gasteiger partial charge in [-0.3, -0.25) is 9.59 Å². The molecule has 6 nitrogen and oxygen atoms in total. The Morgan fingerprint density at radius 1 is 1.19 bits per heavy atom. The molecule has 0 saturated carbocycles. The van der Waals surface area contributed by atoms with Gasteiger partial charge in [0.05, 0.1) is 13.7 Å². The number of carbonyl (C=O) groups is 2. The maximum absolute atomic E-state index is 12.6. The monoisotopic (exact) mass is 362 g/mol. The van der Waals surface area contributed by atoms with Gasteiger partial charge in [-0.15, -0.1) is 0 Å². The molecule has 144 valence electrons. The van der Waals surface area contributed by atoms with E-state index < -0.39 is 0 Å². The standard InChI is InChI=1S/C20H30N2O4/c1-6-26-17-13-14(7-8-16(17)25-5)18(23)21-15-9-11-22(12-10-15)19(24)20(2,3)4/h7-8,13,15H,6,9-12H2,1-5H3,(H,21,23). The molecule has 0 radical (unpaired) electrons. The van der Waals surface area contributed by atoms with Gasteiger partial charge in [0.25, 0.3) is 5.91 Å². The van der Waals surface area contributed by atoms with E-state index in [0.717, 1.165) is 12.8 Å². The molecule has 2 rings (SSSR count). The molecule has 1 aromatic carbocycles. The smallest absolute Gasteiger partial charge is 0.251 e. The van der Waals surface area contributed by atoms with Crippen molar-refractivity contribution in [3.8, 4) is 11.5 Å². The Labute approximate surface area is 155 Å². The summed E-state index contributed by atoms with van der Waals surface area (Å²) in [6, 6.07) is 5.25. The molecule has 0 bridgehead atoms. The molecule has 26 heavy (non-hydrogen) atoms. The molecular formula is C20H30N2O4. The summed E-state index contributed by atoms with van der Waals surface area (Å²) in [4.78, 5) is 26.8. The Morgan fingerprint density at radius 3 is 2.38 bits per heavy atom. The first-order chi connectivity index (χ1) is 12.3. The van der Waals surface area contributed by atoms with Gasteiger partial charge in [0.1, 0.15) is 0 Å². The van der Waals surface area contributed by atoms with Crippen molar-refractivity contribution in [3.05, 3.63) is 23.8 Å². The molecule has 2 amide bonds. The second-order valence-corrected chi connectivity index (χ2v) is 7.59. The van der Waals surface area contributed by atoms with Crippen LogP contribution in [0.2, 0.25) is 0 Å². The molecular weight excluding hydrogens is 332 g/mol. The SMILES string of the molecule is CCOc1cc(C(=O)NC2CCN(C(=O)C(C)(C)C)CC2)ccc1OC. The van der Waals surface area contributed by atoms with Crippen LogP contribution in [0.3, 0.4) is 0 Å². The van der Waals surface area contributed by atoms with Crippen molar-refractivity contribution >= 4 is 11.8 Å². The summed E-state index contributed by atoms with van der Waals surface area (Å²) in [5, 5.41) is 3.07. The summed E-state index contributed by atoms with van der Waals surface area (Å²) in [5.41, 5.74) is 0.178. The number of carbonyl (C=O) groups excluding carboxylic acids is 2. The highest BCUT2D eigenvalue weighted by molar-refractivity contribution is 5.95. The zero-order valence-electron chi connectivity index (χ0n) is 16.4. The second kappa shape index (κ2) is 8.43. The summed E-state index contributed by atoms with van der Waals surface area (Å²) >= 11 is 0. The summed E-state index contributed by atoms with van der Waals surface area (Å²) < 4.78 is 10.8. The van der Waals surface area contributed by atoms with Gasteiger partial charge < -0.3 is 19.7 Å². The Kier molecular flexibility index (Phi) is 6.51. The van der Waals surface area contributed by atoms with E-state index >= 15 is 0 Å². The third kappa shape index (κ3) is 4.90. The number of piperidine rings is 1. The lowest BCUT2D eigenvalue weighted by atomic mass is 9.93. The summed E-state index contributed by atoms with van der Waals surface area (Å²) in [5.74, 6) is 1.21. The number of ether oxygens (including phenoxy) is 2. The number of nitrogens with zero attached hydrogens (tertiary/aromatic N) is 1. The number of rotatable bonds is 5. The molecule has 1 aromatic rings. The van der Waals surface area contributed by atoms with E-state index in [1.807, 2.05) is 32.6 Å². The Hall–Kier alpha value is -2.24. The van der Waals surface area contributed by atoms with Crippen molar-refractivity contribution in [2.24, 2.45) is 5.41 Å². The molecule has 0 unspecified atom stereocenters. The number of nitrogens with one attached hydrogen (secondary N) is 1. The average Bonchev–Trinajstić information content (AvgIpc) is 2.61. The van der Waals surface area contributed by atoms with Crippen molar-refractivity contribution in [2.45, 2.75) is 46.6 Å². The fourth-order valence-electron chi connectivity index (χ4n) is 3.06. The van der Waals surface area contributed by atoms with Gasteiger partial charge in [-0.1, -0.05) is 20.8 Å². The lowest BCUT2D eigenvalue weighted by Crippen LogP contribution is -2.49. The zero-order chi connectivity index (χ0) is 19.3. The maximum Gasteiger partial charge on any atom is 0.251 e. The van der Waals surface area contributed by atoms with Crippen LogP contribution >= 0.6 is 0 Å². The largest absolute Gasteiger partial charge is 0.493 e. The number of hydrogen-bond donors (Lipinski definition) is 1. The van der Waals surface area contributed by atoms with Gasteiger partial charge in [-0.25, -0.2) is 0 Å². The Morgan fingerprint density at radius 2 is 1.85 bits per heavy atom. The Bertz CT molecular complexity index is 644. The molecule has 6 heteroatoms. The average molecular weight is 362 g/mol. The fourth-order valence-corrected chi connectivity index (χ4v) is 3.06. The number of hydrogen-bond acceptors (Lipinski definition) is 4. The van der Waals surface area contributed by atoms with Crippen LogP contribution in [0.1, 0.15) is 50.9 Å². The first kappa shape index (κ1) is 20.1. The summed E-state index contributed by atoms with van der Waals surface area (Å²) in [6.07, 6.45) is 1.53. The number of amides is 2. The highest BCUT2D eigenvalue weighted by Crippen LogP contribution is 2.28. The van der Waals surface area contributed by atoms with Crippen molar-refractivity contribution in [2.75, 3.05) is 26.8 Å². The van der Waals surface area contributed by atoms with Gasteiger partial charge in [0.2, 0.25) is 5.91 Å². The number of likely N-dealkylation sites (tertiary alicyclic amines) is 1. The van der Waals surface area contributed by atoms with Crippen molar-refractivity contribution in [1.29, 1.82) is 0 Å². The van der Waals surface area contributed by atoms with Crippen LogP contribution < -0.4 is 14.8 Å². The lowest BCUT2D eigenvalue weighted by molar-refractivity contribution is -0.140. The molecule has 0 aliphatic carbocycles. The highest BCUT2D eigenvalue weighted by Gasteiger charge is 2.30. The maximum atomic E-state index is 12.6. The van der Waals surface area contributed by atoms with Gasteiger partial charge in [0.15, 0.2) is 11.5 Å². The Balaban J connectivity index is 1.95. The van der Waals surface area contributed by atoms with Gasteiger partial charge in [0, 0.05) is 30.1 Å². The van der Waals surface area contributed by atoms with Gasteiger partial charge in [-0.2, -0.15) is 0 Å². The van der Waals surface area contributed by atoms with Gasteiger partial charge in [-0.05, 0) is 38.0 Å². The predicted molar refractivity (Wildman–Crippen MR) is 101 cm³/mol. The lowest BCUT2D eigenvalue weighted by Gasteiger charge is -2.36. The molecule has 1 fully saturated rings. The second-order valence-electron chi connectivity index (χ2n) is 7.59. The molecule has 1 saturated heterocycles. The van der Waals surface area contributed by atoms with E-state index in [0.29, 0.717) is 36.8 Å². The number of benzene rings is 1. The molecule has 1 aliphatic heterocycles. The third-order valence-corrected chi connectivity index (χ3v) is 4.48. The molecule has 0 aromatic heterocycles. The van der Waals surface area contributed by atoms with Crippen LogP contribution in [0.4, 0.5) is 0 Å². The molecule has 1 N–H and O–H groups in total. The fraction of sp³-hybridized carbons (Fsp3) is 0.600. The van der Waals surface area contributed by atoms with Crippen LogP contribution in [0.15, 0.2) is 18.2 Å². The molecule has 0 atom stereocenters. The minimum Gasteiger partial charge on any atom is -0.493 e. The van der Waals surface area contributed by atoms with E-state index in [2.05, 4.69) is 5.32 Å². The predicted octanol–water partition coefficient (Wildman–Crippen LogP) is 2.86. The van der Waals surface area contributed by atoms with E-state index in [1.54, 1.807) is 25.3 Å². The van der Waals surface area contributed by atoms with E-state index in [4.69, 9.17) is 9.47 Å². The highest BCUT2D eigenvalue weighted by atomic mass is 16.5. The molecule has 1 heterocycles. The third-order valence-electron chi connectivity index (χ3n) is 4.48. The zero-order valence-corrected chi connectivity index (χ0v) is 16.4. The van der Waals surface area contributed by atoms with Crippen LogP contribution in [0, 0.1) is 5.41 Å². The normalized spacial score (nSPS) is 15.5. The van der Waals surface area contributed by atoms with Crippen LogP contribution in [0.5, 0.6) is 11.5 Å². The number of methoxy groups -OCH3 is 1. The minimum atomic E-state index is -0.366. The quantitative estimate of drug-likeness (QED) is 0.875. The first-order valence-corrected chi connectivity index (χ1v) is 9.17. The van der Waals surface area contributed by atoms with E-state index in [1.165, 1.54) is 0 Å². The van der Waals surface area contributed by atoms with Crippen LogP contribution in [-0.2, 0) is 4.79 Å². The molecule has 1 aliphatic rings. The first-order valence-electron chi connectivity index (χ1n) is 9.17. The topological polar surface area (TPSA) is 67.9 Å². The van der Waals surface area contributed by atoms with Crippen LogP contribution in [-0.4, -0.2) is 49.6 Å². The van der Waals surface area contributed by atoms with Crippen molar-refractivity contribution in [1.82, 2.24) is 10.2 Å².